The SMILES string of the molecule is COCCN(CC(=O)O)C(=O)CCc1cccc(C)c1. The summed E-state index contributed by atoms with van der Waals surface area (Å²) in [5.74, 6) is -1.17. The summed E-state index contributed by atoms with van der Waals surface area (Å²) in [7, 11) is 1.52. The first kappa shape index (κ1) is 16.2. The predicted molar refractivity (Wildman–Crippen MR) is 75.6 cm³/mol. The minimum atomic E-state index is -1.01. The van der Waals surface area contributed by atoms with E-state index in [1.54, 1.807) is 0 Å². The molecule has 1 aromatic carbocycles. The van der Waals surface area contributed by atoms with Crippen LogP contribution in [0.5, 0.6) is 0 Å². The van der Waals surface area contributed by atoms with Crippen molar-refractivity contribution in [3.8, 4) is 0 Å². The first-order chi connectivity index (χ1) is 9.52. The van der Waals surface area contributed by atoms with Crippen molar-refractivity contribution in [2.75, 3.05) is 26.8 Å². The zero-order chi connectivity index (χ0) is 15.0. The van der Waals surface area contributed by atoms with E-state index in [1.807, 2.05) is 31.2 Å². The highest BCUT2D eigenvalue weighted by Crippen LogP contribution is 2.08. The number of carbonyl (C=O) groups excluding carboxylic acids is 1. The van der Waals surface area contributed by atoms with E-state index < -0.39 is 5.97 Å². The number of hydrogen-bond donors (Lipinski definition) is 1. The smallest absolute Gasteiger partial charge is 0.323 e. The van der Waals surface area contributed by atoms with Crippen LogP contribution in [-0.4, -0.2) is 48.7 Å². The van der Waals surface area contributed by atoms with Crippen molar-refractivity contribution < 1.29 is 19.4 Å². The fraction of sp³-hybridized carbons (Fsp3) is 0.467. The molecule has 0 saturated heterocycles. The van der Waals surface area contributed by atoms with Gasteiger partial charge in [-0.1, -0.05) is 29.8 Å². The van der Waals surface area contributed by atoms with Gasteiger partial charge in [-0.25, -0.2) is 0 Å². The van der Waals surface area contributed by atoms with Gasteiger partial charge in [-0.15, -0.1) is 0 Å². The number of hydrogen-bond acceptors (Lipinski definition) is 3. The summed E-state index contributed by atoms with van der Waals surface area (Å²) >= 11 is 0. The Hall–Kier alpha value is -1.88. The maximum absolute atomic E-state index is 12.0. The molecule has 20 heavy (non-hydrogen) atoms. The van der Waals surface area contributed by atoms with E-state index in [0.717, 1.165) is 11.1 Å². The standard InChI is InChI=1S/C15H21NO4/c1-12-4-3-5-13(10-12)6-7-14(17)16(8-9-20-2)11-15(18)19/h3-5,10H,6-9,11H2,1-2H3,(H,18,19). The summed E-state index contributed by atoms with van der Waals surface area (Å²) in [5.41, 5.74) is 2.23. The van der Waals surface area contributed by atoms with Crippen LogP contribution in [0.2, 0.25) is 0 Å². The van der Waals surface area contributed by atoms with Gasteiger partial charge in [0.05, 0.1) is 6.61 Å². The van der Waals surface area contributed by atoms with Crippen LogP contribution in [0.15, 0.2) is 24.3 Å². The summed E-state index contributed by atoms with van der Waals surface area (Å²) in [6, 6.07) is 7.96. The second kappa shape index (κ2) is 8.32. The van der Waals surface area contributed by atoms with E-state index in [-0.39, 0.29) is 12.5 Å². The zero-order valence-electron chi connectivity index (χ0n) is 12.0. The highest BCUT2D eigenvalue weighted by Gasteiger charge is 2.16. The number of ether oxygens (including phenoxy) is 1. The molecule has 1 aromatic rings. The van der Waals surface area contributed by atoms with Crippen LogP contribution in [0, 0.1) is 6.92 Å². The molecule has 1 amide bonds. The van der Waals surface area contributed by atoms with Crippen molar-refractivity contribution in [2.45, 2.75) is 19.8 Å². The number of aliphatic carboxylic acids is 1. The van der Waals surface area contributed by atoms with Gasteiger partial charge in [0.2, 0.25) is 5.91 Å². The van der Waals surface area contributed by atoms with Gasteiger partial charge in [-0.3, -0.25) is 9.59 Å². The average molecular weight is 279 g/mol. The minimum absolute atomic E-state index is 0.161. The van der Waals surface area contributed by atoms with Gasteiger partial charge >= 0.3 is 5.97 Å². The maximum Gasteiger partial charge on any atom is 0.323 e. The lowest BCUT2D eigenvalue weighted by molar-refractivity contribution is -0.144. The lowest BCUT2D eigenvalue weighted by atomic mass is 10.1. The summed E-state index contributed by atoms with van der Waals surface area (Å²) in [6.07, 6.45) is 0.921. The molecule has 1 rings (SSSR count). The Kier molecular flexibility index (Phi) is 6.73. The van der Waals surface area contributed by atoms with E-state index in [2.05, 4.69) is 0 Å². The second-order valence-corrected chi connectivity index (χ2v) is 4.69. The van der Waals surface area contributed by atoms with Gasteiger partial charge in [0.25, 0.3) is 0 Å². The van der Waals surface area contributed by atoms with E-state index in [1.165, 1.54) is 12.0 Å². The van der Waals surface area contributed by atoms with Crippen molar-refractivity contribution in [1.29, 1.82) is 0 Å². The van der Waals surface area contributed by atoms with Gasteiger partial charge < -0.3 is 14.7 Å². The molecule has 0 spiro atoms. The number of carbonyl (C=O) groups is 2. The molecule has 0 saturated carbocycles. The van der Waals surface area contributed by atoms with Gasteiger partial charge in [-0.2, -0.15) is 0 Å². The number of benzene rings is 1. The molecule has 0 unspecified atom stereocenters. The number of aryl methyl sites for hydroxylation is 2. The van der Waals surface area contributed by atoms with Crippen molar-refractivity contribution in [1.82, 2.24) is 4.90 Å². The number of carboxylic acid groups (broad SMARTS) is 1. The summed E-state index contributed by atoms with van der Waals surface area (Å²) in [4.78, 5) is 24.1. The molecule has 5 heteroatoms. The molecule has 0 atom stereocenters. The molecule has 0 radical (unpaired) electrons. The molecule has 0 aliphatic heterocycles. The van der Waals surface area contributed by atoms with Crippen molar-refractivity contribution in [3.63, 3.8) is 0 Å². The average Bonchev–Trinajstić information content (AvgIpc) is 2.40. The zero-order valence-corrected chi connectivity index (χ0v) is 12.0. The van der Waals surface area contributed by atoms with Crippen LogP contribution in [0.4, 0.5) is 0 Å². The Balaban J connectivity index is 2.54. The number of carboxylic acids is 1. The number of amides is 1. The molecule has 0 aliphatic carbocycles. The van der Waals surface area contributed by atoms with Gasteiger partial charge in [0.1, 0.15) is 6.54 Å². The quantitative estimate of drug-likeness (QED) is 0.783. The lowest BCUT2D eigenvalue weighted by Gasteiger charge is -2.20. The van der Waals surface area contributed by atoms with Crippen molar-refractivity contribution in [3.05, 3.63) is 35.4 Å². The van der Waals surface area contributed by atoms with E-state index in [9.17, 15) is 9.59 Å². The van der Waals surface area contributed by atoms with Crippen LogP contribution >= 0.6 is 0 Å². The largest absolute Gasteiger partial charge is 0.480 e. The first-order valence-electron chi connectivity index (χ1n) is 6.57. The molecular formula is C15H21NO4. The Morgan fingerprint density at radius 3 is 2.70 bits per heavy atom. The molecule has 0 heterocycles. The number of methoxy groups -OCH3 is 1. The number of nitrogens with zero attached hydrogens (tertiary/aromatic N) is 1. The van der Waals surface area contributed by atoms with Crippen LogP contribution in [0.1, 0.15) is 17.5 Å². The third-order valence-corrected chi connectivity index (χ3v) is 2.95. The Bertz CT molecular complexity index is 459. The maximum atomic E-state index is 12.0. The van der Waals surface area contributed by atoms with Gasteiger partial charge in [-0.05, 0) is 18.9 Å². The molecule has 0 fully saturated rings. The summed E-state index contributed by atoms with van der Waals surface area (Å²) in [5, 5.41) is 8.82. The summed E-state index contributed by atoms with van der Waals surface area (Å²) < 4.78 is 4.90. The minimum Gasteiger partial charge on any atom is -0.480 e. The molecule has 0 aromatic heterocycles. The Labute approximate surface area is 119 Å². The lowest BCUT2D eigenvalue weighted by Crippen LogP contribution is -2.38. The molecule has 1 N–H and O–H groups in total. The van der Waals surface area contributed by atoms with Gasteiger partial charge in [0.15, 0.2) is 0 Å². The van der Waals surface area contributed by atoms with Gasteiger partial charge in [0, 0.05) is 20.1 Å². The molecular weight excluding hydrogens is 258 g/mol. The number of rotatable bonds is 8. The Morgan fingerprint density at radius 2 is 2.10 bits per heavy atom. The predicted octanol–water partition coefficient (Wildman–Crippen LogP) is 1.49. The van der Waals surface area contributed by atoms with Crippen LogP contribution in [-0.2, 0) is 20.7 Å². The fourth-order valence-corrected chi connectivity index (χ4v) is 1.93. The topological polar surface area (TPSA) is 66.8 Å². The molecule has 0 aliphatic rings. The van der Waals surface area contributed by atoms with Crippen LogP contribution in [0.3, 0.4) is 0 Å². The summed E-state index contributed by atoms with van der Waals surface area (Å²) in [6.45, 7) is 2.36. The highest BCUT2D eigenvalue weighted by molar-refractivity contribution is 5.81. The highest BCUT2D eigenvalue weighted by atomic mass is 16.5. The van der Waals surface area contributed by atoms with E-state index in [0.29, 0.717) is 26.0 Å². The second-order valence-electron chi connectivity index (χ2n) is 4.69. The van der Waals surface area contributed by atoms with Crippen molar-refractivity contribution >= 4 is 11.9 Å². The third-order valence-electron chi connectivity index (χ3n) is 2.95. The molecule has 5 nitrogen and oxygen atoms in total. The first-order valence-corrected chi connectivity index (χ1v) is 6.57. The monoisotopic (exact) mass is 279 g/mol. The molecule has 110 valence electrons. The normalized spacial score (nSPS) is 10.3. The van der Waals surface area contributed by atoms with E-state index >= 15 is 0 Å². The van der Waals surface area contributed by atoms with Crippen molar-refractivity contribution in [2.24, 2.45) is 0 Å². The van der Waals surface area contributed by atoms with E-state index in [4.69, 9.17) is 9.84 Å². The third kappa shape index (κ3) is 5.84. The fourth-order valence-electron chi connectivity index (χ4n) is 1.93. The molecule has 0 bridgehead atoms. The van der Waals surface area contributed by atoms with Crippen LogP contribution < -0.4 is 0 Å². The Morgan fingerprint density at radius 1 is 1.35 bits per heavy atom. The van der Waals surface area contributed by atoms with Crippen LogP contribution in [0.25, 0.3) is 0 Å².